The van der Waals surface area contributed by atoms with E-state index in [-0.39, 0.29) is 0 Å². The van der Waals surface area contributed by atoms with Crippen LogP contribution in [0.2, 0.25) is 0 Å². The summed E-state index contributed by atoms with van der Waals surface area (Å²) in [7, 11) is 0. The molecule has 0 amide bonds. The van der Waals surface area contributed by atoms with E-state index in [0.29, 0.717) is 23.0 Å². The lowest BCUT2D eigenvalue weighted by Gasteiger charge is -2.30. The van der Waals surface area contributed by atoms with E-state index in [1.54, 1.807) is 0 Å². The SMILES string of the molecule is N#Cc1ccc2c(c1)C1(c3ccccc3-c3ccccc31)c1cc(-c3cccc(-c4nc(-c5ccccc5)nc(-c5ccc(-c6ccccc6)cc5)n4)c3)ccc1-2. The lowest BCUT2D eigenvalue weighted by atomic mass is 9.70. The van der Waals surface area contributed by atoms with Gasteiger partial charge in [0, 0.05) is 16.7 Å². The van der Waals surface area contributed by atoms with Crippen molar-refractivity contribution in [2.75, 3.05) is 0 Å². The Bertz CT molecular complexity index is 3030. The minimum absolute atomic E-state index is 0.553. The van der Waals surface area contributed by atoms with Gasteiger partial charge in [0.05, 0.1) is 17.0 Å². The highest BCUT2D eigenvalue weighted by atomic mass is 15.0. The van der Waals surface area contributed by atoms with Crippen LogP contribution in [-0.4, -0.2) is 15.0 Å². The highest BCUT2D eigenvalue weighted by molar-refractivity contribution is 5.96. The molecule has 0 atom stereocenters. The summed E-state index contributed by atoms with van der Waals surface area (Å²) in [5.41, 5.74) is 17.0. The third-order valence-corrected chi connectivity index (χ3v) is 11.6. The van der Waals surface area contributed by atoms with E-state index in [1.807, 2.05) is 42.5 Å². The van der Waals surface area contributed by atoms with Crippen molar-refractivity contribution in [3.05, 3.63) is 222 Å². The molecule has 0 radical (unpaired) electrons. The predicted octanol–water partition coefficient (Wildman–Crippen LogP) is 12.4. The molecule has 0 saturated heterocycles. The second-order valence-electron chi connectivity index (χ2n) is 14.7. The summed E-state index contributed by atoms with van der Waals surface area (Å²) in [4.78, 5) is 15.1. The quantitative estimate of drug-likeness (QED) is 0.177. The van der Waals surface area contributed by atoms with Crippen molar-refractivity contribution in [1.29, 1.82) is 5.26 Å². The molecule has 9 aromatic rings. The van der Waals surface area contributed by atoms with Crippen LogP contribution < -0.4 is 0 Å². The molecule has 57 heavy (non-hydrogen) atoms. The molecule has 0 saturated carbocycles. The second-order valence-corrected chi connectivity index (χ2v) is 14.7. The van der Waals surface area contributed by atoms with Gasteiger partial charge in [-0.15, -0.1) is 0 Å². The Morgan fingerprint density at radius 3 is 1.39 bits per heavy atom. The topological polar surface area (TPSA) is 62.5 Å². The van der Waals surface area contributed by atoms with Crippen molar-refractivity contribution in [2.24, 2.45) is 0 Å². The maximum atomic E-state index is 10.1. The van der Waals surface area contributed by atoms with E-state index in [0.717, 1.165) is 44.5 Å². The number of nitriles is 1. The molecule has 2 aliphatic rings. The average Bonchev–Trinajstić information content (AvgIpc) is 3.76. The molecule has 8 aromatic carbocycles. The van der Waals surface area contributed by atoms with Crippen LogP contribution in [0.1, 0.15) is 27.8 Å². The molecule has 0 aliphatic heterocycles. The van der Waals surface area contributed by atoms with Gasteiger partial charge in [0.2, 0.25) is 0 Å². The second kappa shape index (κ2) is 12.9. The lowest BCUT2D eigenvalue weighted by molar-refractivity contribution is 0.793. The Morgan fingerprint density at radius 1 is 0.316 bits per heavy atom. The number of benzene rings is 8. The molecule has 1 aromatic heterocycles. The fourth-order valence-electron chi connectivity index (χ4n) is 9.02. The highest BCUT2D eigenvalue weighted by Crippen LogP contribution is 2.63. The first-order valence-electron chi connectivity index (χ1n) is 19.2. The van der Waals surface area contributed by atoms with Crippen LogP contribution >= 0.6 is 0 Å². The van der Waals surface area contributed by atoms with Crippen molar-refractivity contribution >= 4 is 0 Å². The van der Waals surface area contributed by atoms with Crippen molar-refractivity contribution in [1.82, 2.24) is 15.0 Å². The van der Waals surface area contributed by atoms with Gasteiger partial charge in [-0.1, -0.05) is 170 Å². The normalized spacial score (nSPS) is 12.7. The Morgan fingerprint density at radius 2 is 0.737 bits per heavy atom. The smallest absolute Gasteiger partial charge is 0.164 e. The Labute approximate surface area is 331 Å². The number of fused-ring (bicyclic) bond motifs is 10. The van der Waals surface area contributed by atoms with E-state index < -0.39 is 5.41 Å². The van der Waals surface area contributed by atoms with Crippen molar-refractivity contribution < 1.29 is 0 Å². The maximum absolute atomic E-state index is 10.1. The molecule has 0 unspecified atom stereocenters. The Kier molecular flexibility index (Phi) is 7.42. The molecule has 0 bridgehead atoms. The van der Waals surface area contributed by atoms with Gasteiger partial charge >= 0.3 is 0 Å². The molecular weight excluding hydrogens is 693 g/mol. The van der Waals surface area contributed by atoms with Gasteiger partial charge in [-0.3, -0.25) is 0 Å². The molecule has 4 heteroatoms. The zero-order valence-corrected chi connectivity index (χ0v) is 30.8. The van der Waals surface area contributed by atoms with Gasteiger partial charge in [-0.25, -0.2) is 15.0 Å². The first-order chi connectivity index (χ1) is 28.2. The predicted molar refractivity (Wildman–Crippen MR) is 228 cm³/mol. The third kappa shape index (κ3) is 5.10. The van der Waals surface area contributed by atoms with Gasteiger partial charge in [-0.2, -0.15) is 5.26 Å². The van der Waals surface area contributed by atoms with Crippen LogP contribution in [-0.2, 0) is 5.41 Å². The van der Waals surface area contributed by atoms with Crippen LogP contribution in [0.5, 0.6) is 0 Å². The zero-order valence-electron chi connectivity index (χ0n) is 30.8. The number of rotatable bonds is 5. The first kappa shape index (κ1) is 32.7. The number of hydrogen-bond donors (Lipinski definition) is 0. The molecule has 0 fully saturated rings. The molecule has 0 N–H and O–H groups in total. The molecule has 264 valence electrons. The number of nitrogens with zero attached hydrogens (tertiary/aromatic N) is 4. The molecule has 1 spiro atoms. The fraction of sp³-hybridized carbons (Fsp3) is 0.0189. The summed E-state index contributed by atoms with van der Waals surface area (Å²) in [6.07, 6.45) is 0. The Hall–Kier alpha value is -7.74. The van der Waals surface area contributed by atoms with E-state index >= 15 is 0 Å². The molecule has 11 rings (SSSR count). The van der Waals surface area contributed by atoms with Crippen molar-refractivity contribution in [2.45, 2.75) is 5.41 Å². The fourth-order valence-corrected chi connectivity index (χ4v) is 9.02. The van der Waals surface area contributed by atoms with E-state index in [2.05, 4.69) is 158 Å². The summed E-state index contributed by atoms with van der Waals surface area (Å²) >= 11 is 0. The standard InChI is InChI=1S/C53H32N4/c54-33-34-22-28-44-45-29-27-40(32-49(45)53(48(44)30-34)46-20-9-7-18-42(46)43-19-8-10-21-47(43)53)39-16-11-17-41(31-39)52-56-50(37-14-5-2-6-15-37)55-51(57-52)38-25-23-36(24-26-38)35-12-3-1-4-13-35/h1-32H. The summed E-state index contributed by atoms with van der Waals surface area (Å²) in [6.45, 7) is 0. The summed E-state index contributed by atoms with van der Waals surface area (Å²) < 4.78 is 0. The van der Waals surface area contributed by atoms with E-state index in [4.69, 9.17) is 15.0 Å². The van der Waals surface area contributed by atoms with Crippen LogP contribution in [0, 0.1) is 11.3 Å². The lowest BCUT2D eigenvalue weighted by Crippen LogP contribution is -2.26. The maximum Gasteiger partial charge on any atom is 0.164 e. The van der Waals surface area contributed by atoms with E-state index in [9.17, 15) is 5.26 Å². The average molecular weight is 725 g/mol. The van der Waals surface area contributed by atoms with Crippen LogP contribution in [0.15, 0.2) is 194 Å². The van der Waals surface area contributed by atoms with Gasteiger partial charge in [0.25, 0.3) is 0 Å². The van der Waals surface area contributed by atoms with Gasteiger partial charge in [0.15, 0.2) is 17.5 Å². The minimum atomic E-state index is -0.553. The van der Waals surface area contributed by atoms with Crippen molar-refractivity contribution in [3.8, 4) is 84.7 Å². The largest absolute Gasteiger partial charge is 0.208 e. The third-order valence-electron chi connectivity index (χ3n) is 11.6. The summed E-state index contributed by atoms with van der Waals surface area (Å²) in [5.74, 6) is 1.86. The minimum Gasteiger partial charge on any atom is -0.208 e. The van der Waals surface area contributed by atoms with Gasteiger partial charge < -0.3 is 0 Å². The van der Waals surface area contributed by atoms with Crippen LogP contribution in [0.3, 0.4) is 0 Å². The van der Waals surface area contributed by atoms with E-state index in [1.165, 1.54) is 38.9 Å². The van der Waals surface area contributed by atoms with Crippen molar-refractivity contribution in [3.63, 3.8) is 0 Å². The van der Waals surface area contributed by atoms with Crippen LogP contribution in [0.4, 0.5) is 0 Å². The van der Waals surface area contributed by atoms with Gasteiger partial charge in [-0.05, 0) is 91.0 Å². The number of aromatic nitrogens is 3. The first-order valence-corrected chi connectivity index (χ1v) is 19.2. The molecular formula is C53H32N4. The highest BCUT2D eigenvalue weighted by Gasteiger charge is 2.51. The summed E-state index contributed by atoms with van der Waals surface area (Å²) in [5, 5.41) is 10.1. The zero-order chi connectivity index (χ0) is 37.9. The molecule has 2 aliphatic carbocycles. The molecule has 4 nitrogen and oxygen atoms in total. The van der Waals surface area contributed by atoms with Gasteiger partial charge in [0.1, 0.15) is 0 Å². The Balaban J connectivity index is 1.06. The van der Waals surface area contributed by atoms with Crippen LogP contribution in [0.25, 0.3) is 78.7 Å². The monoisotopic (exact) mass is 724 g/mol. The molecule has 1 heterocycles. The number of hydrogen-bond acceptors (Lipinski definition) is 4. The summed E-state index contributed by atoms with van der Waals surface area (Å²) in [6, 6.07) is 70.3.